The molecule has 0 spiro atoms. The topological polar surface area (TPSA) is 29.5 Å². The van der Waals surface area contributed by atoms with Gasteiger partial charge in [0.05, 0.1) is 12.0 Å². The molecule has 0 bridgehead atoms. The van der Waals surface area contributed by atoms with Gasteiger partial charge in [0.15, 0.2) is 0 Å². The van der Waals surface area contributed by atoms with Crippen LogP contribution < -0.4 is 0 Å². The van der Waals surface area contributed by atoms with Gasteiger partial charge in [-0.1, -0.05) is 12.1 Å². The summed E-state index contributed by atoms with van der Waals surface area (Å²) in [6.45, 7) is 2.04. The Balaban J connectivity index is 2.43. The fourth-order valence-corrected chi connectivity index (χ4v) is 2.61. The van der Waals surface area contributed by atoms with Crippen LogP contribution in [0.15, 0.2) is 24.3 Å². The minimum absolute atomic E-state index is 0.110. The van der Waals surface area contributed by atoms with Crippen molar-refractivity contribution in [3.8, 4) is 0 Å². The zero-order chi connectivity index (χ0) is 11.7. The van der Waals surface area contributed by atoms with E-state index in [0.29, 0.717) is 4.88 Å². The molecule has 2 rings (SSSR count). The minimum Gasteiger partial charge on any atom is -0.274 e. The van der Waals surface area contributed by atoms with E-state index in [1.807, 2.05) is 25.1 Å². The smallest absolute Gasteiger partial charge is 0.274 e. The summed E-state index contributed by atoms with van der Waals surface area (Å²) in [5.41, 5.74) is 1.20. The summed E-state index contributed by atoms with van der Waals surface area (Å²) >= 11 is 1.49. The first-order chi connectivity index (χ1) is 7.61. The van der Waals surface area contributed by atoms with Crippen molar-refractivity contribution in [3.63, 3.8) is 0 Å². The quantitative estimate of drug-likeness (QED) is 0.749. The Labute approximate surface area is 98.2 Å². The lowest BCUT2D eigenvalue weighted by atomic mass is 10.2. The van der Waals surface area contributed by atoms with E-state index in [1.54, 1.807) is 7.05 Å². The third-order valence-electron chi connectivity index (χ3n) is 2.45. The van der Waals surface area contributed by atoms with Crippen LogP contribution in [0.1, 0.15) is 15.2 Å². The van der Waals surface area contributed by atoms with Gasteiger partial charge in [0.2, 0.25) is 0 Å². The van der Waals surface area contributed by atoms with Crippen molar-refractivity contribution < 1.29 is 9.63 Å². The molecule has 16 heavy (non-hydrogen) atoms. The number of fused-ring (bicyclic) bond motifs is 1. The van der Waals surface area contributed by atoms with E-state index in [-0.39, 0.29) is 5.91 Å². The van der Waals surface area contributed by atoms with Crippen LogP contribution >= 0.6 is 11.3 Å². The molecular weight excluding hydrogens is 222 g/mol. The Kier molecular flexibility index (Phi) is 2.94. The molecule has 0 saturated carbocycles. The predicted molar refractivity (Wildman–Crippen MR) is 65.7 cm³/mol. The number of hydroxylamine groups is 2. The van der Waals surface area contributed by atoms with Crippen LogP contribution in [0, 0.1) is 6.92 Å². The van der Waals surface area contributed by atoms with E-state index in [0.717, 1.165) is 10.1 Å². The molecule has 0 atom stereocenters. The first-order valence-corrected chi connectivity index (χ1v) is 5.76. The maximum Gasteiger partial charge on any atom is 0.287 e. The molecule has 2 aromatic rings. The Bertz CT molecular complexity index is 533. The average molecular weight is 235 g/mol. The highest BCUT2D eigenvalue weighted by Gasteiger charge is 2.14. The minimum atomic E-state index is -0.110. The summed E-state index contributed by atoms with van der Waals surface area (Å²) in [6, 6.07) is 8.06. The second kappa shape index (κ2) is 4.23. The number of aryl methyl sites for hydroxylation is 1. The van der Waals surface area contributed by atoms with Crippen LogP contribution in [0.4, 0.5) is 0 Å². The van der Waals surface area contributed by atoms with Crippen LogP contribution in [0.3, 0.4) is 0 Å². The van der Waals surface area contributed by atoms with Crippen molar-refractivity contribution in [3.05, 3.63) is 34.7 Å². The molecule has 0 aliphatic rings. The third-order valence-corrected chi connectivity index (χ3v) is 3.53. The number of rotatable bonds is 2. The lowest BCUT2D eigenvalue weighted by Crippen LogP contribution is -2.24. The van der Waals surface area contributed by atoms with Gasteiger partial charge in [-0.3, -0.25) is 9.63 Å². The summed E-state index contributed by atoms with van der Waals surface area (Å²) in [6.07, 6.45) is 0. The third kappa shape index (κ3) is 1.94. The van der Waals surface area contributed by atoms with Gasteiger partial charge in [0, 0.05) is 11.7 Å². The van der Waals surface area contributed by atoms with Crippen molar-refractivity contribution in [2.75, 3.05) is 14.2 Å². The Morgan fingerprint density at radius 1 is 1.38 bits per heavy atom. The molecule has 0 unspecified atom stereocenters. The molecule has 0 N–H and O–H groups in total. The normalized spacial score (nSPS) is 10.7. The summed E-state index contributed by atoms with van der Waals surface area (Å²) < 4.78 is 1.13. The predicted octanol–water partition coefficient (Wildman–Crippen LogP) is 2.84. The molecule has 84 valence electrons. The lowest BCUT2D eigenvalue weighted by Gasteiger charge is -2.11. The van der Waals surface area contributed by atoms with E-state index in [9.17, 15) is 4.79 Å². The van der Waals surface area contributed by atoms with E-state index in [4.69, 9.17) is 4.84 Å². The number of hydrogen-bond donors (Lipinski definition) is 0. The van der Waals surface area contributed by atoms with E-state index < -0.39 is 0 Å². The zero-order valence-electron chi connectivity index (χ0n) is 9.48. The Morgan fingerprint density at radius 2 is 2.12 bits per heavy atom. The summed E-state index contributed by atoms with van der Waals surface area (Å²) in [5, 5.41) is 2.33. The Hall–Kier alpha value is -1.39. The van der Waals surface area contributed by atoms with E-state index in [1.165, 1.54) is 29.1 Å². The maximum atomic E-state index is 11.8. The van der Waals surface area contributed by atoms with Gasteiger partial charge in [-0.2, -0.15) is 0 Å². The largest absolute Gasteiger partial charge is 0.287 e. The average Bonchev–Trinajstić information content (AvgIpc) is 2.69. The molecular formula is C12H13NO2S. The van der Waals surface area contributed by atoms with Gasteiger partial charge in [0.1, 0.15) is 0 Å². The van der Waals surface area contributed by atoms with Crippen LogP contribution in [-0.4, -0.2) is 25.1 Å². The fourth-order valence-electron chi connectivity index (χ4n) is 1.48. The molecule has 4 heteroatoms. The van der Waals surface area contributed by atoms with Crippen LogP contribution in [0.25, 0.3) is 10.1 Å². The van der Waals surface area contributed by atoms with Gasteiger partial charge in [-0.05, 0) is 30.0 Å². The number of thiophene rings is 1. The molecule has 1 amide bonds. The number of benzene rings is 1. The highest BCUT2D eigenvalue weighted by Crippen LogP contribution is 2.27. The molecule has 3 nitrogen and oxygen atoms in total. The number of amides is 1. The second-order valence-corrected chi connectivity index (χ2v) is 4.72. The maximum absolute atomic E-state index is 11.8. The summed E-state index contributed by atoms with van der Waals surface area (Å²) in [5.74, 6) is -0.110. The molecule has 0 aliphatic heterocycles. The van der Waals surface area contributed by atoms with Gasteiger partial charge in [-0.15, -0.1) is 11.3 Å². The zero-order valence-corrected chi connectivity index (χ0v) is 10.3. The number of carbonyl (C=O) groups excluding carboxylic acids is 1. The van der Waals surface area contributed by atoms with Gasteiger partial charge in [-0.25, -0.2) is 5.06 Å². The molecule has 0 radical (unpaired) electrons. The number of nitrogens with zero attached hydrogens (tertiary/aromatic N) is 1. The standard InChI is InChI=1S/C12H13NO2S/c1-8-4-5-9-7-11(16-10(9)6-8)12(14)13(2)15-3/h4-7H,1-3H3. The Morgan fingerprint density at radius 3 is 2.81 bits per heavy atom. The van der Waals surface area contributed by atoms with Gasteiger partial charge >= 0.3 is 0 Å². The molecule has 0 aliphatic carbocycles. The summed E-state index contributed by atoms with van der Waals surface area (Å²) in [4.78, 5) is 17.4. The van der Waals surface area contributed by atoms with Crippen LogP contribution in [-0.2, 0) is 4.84 Å². The van der Waals surface area contributed by atoms with Crippen molar-refractivity contribution in [2.24, 2.45) is 0 Å². The SMILES string of the molecule is CON(C)C(=O)c1cc2ccc(C)cc2s1. The number of hydrogen-bond acceptors (Lipinski definition) is 3. The van der Waals surface area contributed by atoms with E-state index >= 15 is 0 Å². The second-order valence-electron chi connectivity index (χ2n) is 3.64. The van der Waals surface area contributed by atoms with Gasteiger partial charge < -0.3 is 0 Å². The molecule has 1 aromatic carbocycles. The molecule has 1 heterocycles. The first-order valence-electron chi connectivity index (χ1n) is 4.94. The highest BCUT2D eigenvalue weighted by atomic mass is 32.1. The molecule has 0 saturated heterocycles. The highest BCUT2D eigenvalue weighted by molar-refractivity contribution is 7.20. The van der Waals surface area contributed by atoms with Crippen molar-refractivity contribution in [2.45, 2.75) is 6.92 Å². The number of carbonyl (C=O) groups is 1. The molecule has 0 fully saturated rings. The van der Waals surface area contributed by atoms with Crippen LogP contribution in [0.2, 0.25) is 0 Å². The fraction of sp³-hybridized carbons (Fsp3) is 0.250. The van der Waals surface area contributed by atoms with Crippen molar-refractivity contribution in [1.82, 2.24) is 5.06 Å². The molecule has 1 aromatic heterocycles. The lowest BCUT2D eigenvalue weighted by molar-refractivity contribution is -0.0753. The van der Waals surface area contributed by atoms with Crippen LogP contribution in [0.5, 0.6) is 0 Å². The van der Waals surface area contributed by atoms with Crippen molar-refractivity contribution >= 4 is 27.3 Å². The van der Waals surface area contributed by atoms with Crippen molar-refractivity contribution in [1.29, 1.82) is 0 Å². The first kappa shape index (κ1) is 11.1. The monoisotopic (exact) mass is 235 g/mol. The summed E-state index contributed by atoms with van der Waals surface area (Å²) in [7, 11) is 3.09. The van der Waals surface area contributed by atoms with Gasteiger partial charge in [0.25, 0.3) is 5.91 Å². The van der Waals surface area contributed by atoms with E-state index in [2.05, 4.69) is 6.07 Å².